The van der Waals surface area contributed by atoms with E-state index in [4.69, 9.17) is 5.73 Å². The molecule has 0 aromatic rings. The Morgan fingerprint density at radius 1 is 1.29 bits per heavy atom. The second-order valence-electron chi connectivity index (χ2n) is 5.00. The van der Waals surface area contributed by atoms with Gasteiger partial charge in [0.05, 0.1) is 0 Å². The normalized spacial score (nSPS) is 32.9. The third-order valence-corrected chi connectivity index (χ3v) is 5.01. The Hall–Kier alpha value is 0.0700. The van der Waals surface area contributed by atoms with Crippen LogP contribution in [0.15, 0.2) is 0 Å². The first-order chi connectivity index (χ1) is 7.75. The van der Waals surface area contributed by atoms with Crippen molar-refractivity contribution in [2.75, 3.05) is 12.3 Å². The maximum atomic E-state index is 11.9. The summed E-state index contributed by atoms with van der Waals surface area (Å²) in [6, 6.07) is 0.241. The molecule has 2 fully saturated rings. The first-order valence-corrected chi connectivity index (χ1v) is 7.45. The second-order valence-corrected chi connectivity index (χ2v) is 6.41. The minimum absolute atomic E-state index is 0. The zero-order valence-corrected chi connectivity index (χ0v) is 11.8. The van der Waals surface area contributed by atoms with E-state index in [0.29, 0.717) is 5.25 Å². The Labute approximate surface area is 114 Å². The third-order valence-electron chi connectivity index (χ3n) is 3.61. The number of nitrogens with one attached hydrogen (secondary N) is 1. The minimum Gasteiger partial charge on any atom is -0.355 e. The van der Waals surface area contributed by atoms with Gasteiger partial charge in [0.2, 0.25) is 5.91 Å². The monoisotopic (exact) mass is 278 g/mol. The van der Waals surface area contributed by atoms with Crippen molar-refractivity contribution in [3.05, 3.63) is 0 Å². The van der Waals surface area contributed by atoms with Crippen molar-refractivity contribution in [2.24, 2.45) is 11.7 Å². The average Bonchev–Trinajstić information content (AvgIpc) is 2.78. The summed E-state index contributed by atoms with van der Waals surface area (Å²) in [6.07, 6.45) is 6.66. The van der Waals surface area contributed by atoms with Gasteiger partial charge in [0.15, 0.2) is 0 Å². The summed E-state index contributed by atoms with van der Waals surface area (Å²) in [7, 11) is 0. The molecular formula is C12H23ClN2OS. The standard InChI is InChI=1S/C12H22N2OS.ClH/c13-10-4-1-3-9(7-10)12(15)14-8-11-5-2-6-16-11;/h9-11H,1-8,13H2,(H,14,15);1H. The lowest BCUT2D eigenvalue weighted by Crippen LogP contribution is -2.39. The van der Waals surface area contributed by atoms with Crippen molar-refractivity contribution in [1.29, 1.82) is 0 Å². The topological polar surface area (TPSA) is 55.1 Å². The fraction of sp³-hybridized carbons (Fsp3) is 0.917. The number of amides is 1. The zero-order chi connectivity index (χ0) is 11.4. The molecule has 1 aliphatic carbocycles. The Balaban J connectivity index is 0.00000144. The highest BCUT2D eigenvalue weighted by molar-refractivity contribution is 8.00. The average molecular weight is 279 g/mol. The van der Waals surface area contributed by atoms with Crippen LogP contribution in [-0.4, -0.2) is 29.5 Å². The van der Waals surface area contributed by atoms with Crippen LogP contribution >= 0.6 is 24.2 Å². The molecular weight excluding hydrogens is 256 g/mol. The van der Waals surface area contributed by atoms with Gasteiger partial charge in [-0.1, -0.05) is 6.42 Å². The van der Waals surface area contributed by atoms with Gasteiger partial charge in [0, 0.05) is 23.8 Å². The molecule has 1 heterocycles. The quantitative estimate of drug-likeness (QED) is 0.830. The Kier molecular flexibility index (Phi) is 6.67. The molecule has 3 atom stereocenters. The number of thioether (sulfide) groups is 1. The Morgan fingerprint density at radius 2 is 2.12 bits per heavy atom. The van der Waals surface area contributed by atoms with Gasteiger partial charge in [0.1, 0.15) is 0 Å². The van der Waals surface area contributed by atoms with Crippen LogP contribution in [0.2, 0.25) is 0 Å². The van der Waals surface area contributed by atoms with Crippen LogP contribution in [-0.2, 0) is 4.79 Å². The van der Waals surface area contributed by atoms with Gasteiger partial charge in [-0.25, -0.2) is 0 Å². The van der Waals surface area contributed by atoms with E-state index in [-0.39, 0.29) is 30.3 Å². The molecule has 2 aliphatic rings. The van der Waals surface area contributed by atoms with Gasteiger partial charge in [-0.3, -0.25) is 4.79 Å². The molecule has 5 heteroatoms. The molecule has 0 spiro atoms. The highest BCUT2D eigenvalue weighted by Gasteiger charge is 2.26. The fourth-order valence-corrected chi connectivity index (χ4v) is 3.83. The molecule has 0 aromatic carbocycles. The largest absolute Gasteiger partial charge is 0.355 e. The van der Waals surface area contributed by atoms with Crippen molar-refractivity contribution in [3.8, 4) is 0 Å². The lowest BCUT2D eigenvalue weighted by atomic mass is 9.85. The molecule has 0 aromatic heterocycles. The molecule has 0 radical (unpaired) electrons. The molecule has 3 N–H and O–H groups in total. The molecule has 1 saturated carbocycles. The number of nitrogens with two attached hydrogens (primary N) is 1. The van der Waals surface area contributed by atoms with Crippen LogP contribution in [0.5, 0.6) is 0 Å². The van der Waals surface area contributed by atoms with Crippen molar-refractivity contribution < 1.29 is 4.79 Å². The molecule has 3 nitrogen and oxygen atoms in total. The summed E-state index contributed by atoms with van der Waals surface area (Å²) in [5, 5.41) is 3.75. The predicted octanol–water partition coefficient (Wildman–Crippen LogP) is 1.94. The smallest absolute Gasteiger partial charge is 0.223 e. The molecule has 3 unspecified atom stereocenters. The molecule has 0 bridgehead atoms. The molecule has 17 heavy (non-hydrogen) atoms. The van der Waals surface area contributed by atoms with Crippen molar-refractivity contribution in [3.63, 3.8) is 0 Å². The number of carbonyl (C=O) groups is 1. The summed E-state index contributed by atoms with van der Waals surface area (Å²) in [5.74, 6) is 1.67. The van der Waals surface area contributed by atoms with E-state index in [2.05, 4.69) is 5.32 Å². The van der Waals surface area contributed by atoms with Crippen LogP contribution in [0.1, 0.15) is 38.5 Å². The van der Waals surface area contributed by atoms with E-state index in [1.165, 1.54) is 18.6 Å². The molecule has 1 aliphatic heterocycles. The van der Waals surface area contributed by atoms with E-state index < -0.39 is 0 Å². The third kappa shape index (κ3) is 4.68. The second kappa shape index (κ2) is 7.49. The Bertz CT molecular complexity index is 247. The molecule has 1 saturated heterocycles. The number of halogens is 1. The van der Waals surface area contributed by atoms with E-state index >= 15 is 0 Å². The van der Waals surface area contributed by atoms with Crippen molar-refractivity contribution in [1.82, 2.24) is 5.32 Å². The summed E-state index contributed by atoms with van der Waals surface area (Å²) < 4.78 is 0. The van der Waals surface area contributed by atoms with E-state index in [0.717, 1.165) is 32.2 Å². The lowest BCUT2D eigenvalue weighted by molar-refractivity contribution is -0.126. The number of hydrogen-bond acceptors (Lipinski definition) is 3. The summed E-state index contributed by atoms with van der Waals surface area (Å²) in [5.41, 5.74) is 5.90. The summed E-state index contributed by atoms with van der Waals surface area (Å²) >= 11 is 1.99. The van der Waals surface area contributed by atoms with Gasteiger partial charge < -0.3 is 11.1 Å². The molecule has 2 rings (SSSR count). The van der Waals surface area contributed by atoms with E-state index in [1.54, 1.807) is 0 Å². The first kappa shape index (κ1) is 15.1. The van der Waals surface area contributed by atoms with Crippen LogP contribution in [0.25, 0.3) is 0 Å². The van der Waals surface area contributed by atoms with Crippen LogP contribution in [0, 0.1) is 5.92 Å². The van der Waals surface area contributed by atoms with E-state index in [1.807, 2.05) is 11.8 Å². The van der Waals surface area contributed by atoms with Crippen LogP contribution in [0.4, 0.5) is 0 Å². The summed E-state index contributed by atoms with van der Waals surface area (Å²) in [6.45, 7) is 0.856. The maximum absolute atomic E-state index is 11.9. The van der Waals surface area contributed by atoms with Crippen molar-refractivity contribution in [2.45, 2.75) is 49.8 Å². The lowest BCUT2D eigenvalue weighted by Gasteiger charge is -2.26. The van der Waals surface area contributed by atoms with Gasteiger partial charge in [-0.05, 0) is 37.9 Å². The van der Waals surface area contributed by atoms with Gasteiger partial charge in [-0.15, -0.1) is 12.4 Å². The minimum atomic E-state index is 0. The maximum Gasteiger partial charge on any atom is 0.223 e. The molecule has 100 valence electrons. The van der Waals surface area contributed by atoms with Gasteiger partial charge >= 0.3 is 0 Å². The summed E-state index contributed by atoms with van der Waals surface area (Å²) in [4.78, 5) is 11.9. The van der Waals surface area contributed by atoms with Gasteiger partial charge in [-0.2, -0.15) is 11.8 Å². The number of hydrogen-bond donors (Lipinski definition) is 2. The van der Waals surface area contributed by atoms with Crippen molar-refractivity contribution >= 4 is 30.1 Å². The van der Waals surface area contributed by atoms with E-state index in [9.17, 15) is 4.79 Å². The first-order valence-electron chi connectivity index (χ1n) is 6.40. The number of rotatable bonds is 3. The Morgan fingerprint density at radius 3 is 2.76 bits per heavy atom. The number of carbonyl (C=O) groups excluding carboxylic acids is 1. The SMILES string of the molecule is Cl.NC1CCCC(C(=O)NCC2CCCS2)C1. The highest BCUT2D eigenvalue weighted by atomic mass is 35.5. The van der Waals surface area contributed by atoms with Crippen LogP contribution in [0.3, 0.4) is 0 Å². The molecule has 1 amide bonds. The van der Waals surface area contributed by atoms with Gasteiger partial charge in [0.25, 0.3) is 0 Å². The highest BCUT2D eigenvalue weighted by Crippen LogP contribution is 2.26. The fourth-order valence-electron chi connectivity index (χ4n) is 2.63. The zero-order valence-electron chi connectivity index (χ0n) is 10.2. The van der Waals surface area contributed by atoms with Crippen LogP contribution < -0.4 is 11.1 Å². The predicted molar refractivity (Wildman–Crippen MR) is 75.7 cm³/mol.